The van der Waals surface area contributed by atoms with Crippen LogP contribution in [0.4, 0.5) is 0 Å². The van der Waals surface area contributed by atoms with E-state index in [1.54, 1.807) is 0 Å². The lowest BCUT2D eigenvalue weighted by atomic mass is 9.69. The quantitative estimate of drug-likeness (QED) is 0.910. The van der Waals surface area contributed by atoms with Crippen molar-refractivity contribution in [1.82, 2.24) is 9.55 Å². The van der Waals surface area contributed by atoms with Gasteiger partial charge in [0.2, 0.25) is 0 Å². The number of nitrogens with zero attached hydrogens (tertiary/aromatic N) is 2. The zero-order chi connectivity index (χ0) is 14.3. The first kappa shape index (κ1) is 13.1. The number of hydrogen-bond donors (Lipinski definition) is 1. The van der Waals surface area contributed by atoms with Crippen molar-refractivity contribution in [2.45, 2.75) is 44.6 Å². The largest absolute Gasteiger partial charge is 0.396 e. The van der Waals surface area contributed by atoms with Gasteiger partial charge in [-0.15, -0.1) is 0 Å². The fourth-order valence-corrected chi connectivity index (χ4v) is 3.53. The van der Waals surface area contributed by atoms with Gasteiger partial charge in [0.25, 0.3) is 0 Å². The van der Waals surface area contributed by atoms with E-state index in [9.17, 15) is 5.11 Å². The fraction of sp³-hybridized carbons (Fsp3) is 0.500. The van der Waals surface area contributed by atoms with E-state index in [1.807, 2.05) is 12.4 Å². The van der Waals surface area contributed by atoms with Crippen molar-refractivity contribution in [1.29, 1.82) is 0 Å². The molecule has 1 heterocycles. The Labute approximate surface area is 125 Å². The summed E-state index contributed by atoms with van der Waals surface area (Å²) in [4.78, 5) is 4.71. The molecular formula is C18H22N2O. The molecule has 4 rings (SSSR count). The summed E-state index contributed by atoms with van der Waals surface area (Å²) in [7, 11) is 0. The lowest BCUT2D eigenvalue weighted by Gasteiger charge is -2.40. The van der Waals surface area contributed by atoms with Crippen LogP contribution < -0.4 is 0 Å². The van der Waals surface area contributed by atoms with Crippen molar-refractivity contribution < 1.29 is 5.11 Å². The molecule has 2 aliphatic carbocycles. The van der Waals surface area contributed by atoms with E-state index in [1.165, 1.54) is 30.5 Å². The highest BCUT2D eigenvalue weighted by atomic mass is 16.3. The molecule has 21 heavy (non-hydrogen) atoms. The zero-order valence-electron chi connectivity index (χ0n) is 12.3. The molecule has 0 aliphatic heterocycles. The highest BCUT2D eigenvalue weighted by Gasteiger charge is 2.39. The normalized spacial score (nSPS) is 20.2. The Kier molecular flexibility index (Phi) is 3.11. The Hall–Kier alpha value is -1.61. The minimum atomic E-state index is 0.109. The maximum absolute atomic E-state index is 9.73. The molecule has 0 bridgehead atoms. The van der Waals surface area contributed by atoms with Gasteiger partial charge in [-0.25, -0.2) is 4.98 Å². The molecule has 2 aliphatic rings. The number of aliphatic hydroxyl groups is 1. The Morgan fingerprint density at radius 2 is 1.95 bits per heavy atom. The summed E-state index contributed by atoms with van der Waals surface area (Å²) >= 11 is 0. The van der Waals surface area contributed by atoms with E-state index in [2.05, 4.69) is 28.8 Å². The molecule has 3 nitrogen and oxygen atoms in total. The molecule has 0 radical (unpaired) electrons. The van der Waals surface area contributed by atoms with Crippen LogP contribution in [-0.4, -0.2) is 21.3 Å². The van der Waals surface area contributed by atoms with E-state index in [0.717, 1.165) is 25.1 Å². The summed E-state index contributed by atoms with van der Waals surface area (Å²) < 4.78 is 2.33. The maximum Gasteiger partial charge on any atom is 0.0956 e. The van der Waals surface area contributed by atoms with Crippen molar-refractivity contribution in [3.05, 3.63) is 42.4 Å². The molecule has 2 saturated carbocycles. The third-order valence-electron chi connectivity index (χ3n) is 5.14. The molecule has 0 spiro atoms. The summed E-state index contributed by atoms with van der Waals surface area (Å²) in [5, 5.41) is 9.73. The van der Waals surface area contributed by atoms with Gasteiger partial charge in [0.05, 0.1) is 18.6 Å². The van der Waals surface area contributed by atoms with Gasteiger partial charge in [-0.1, -0.05) is 36.8 Å². The molecular weight excluding hydrogens is 260 g/mol. The van der Waals surface area contributed by atoms with E-state index >= 15 is 0 Å². The Balaban J connectivity index is 1.70. The van der Waals surface area contributed by atoms with Crippen LogP contribution in [0, 0.1) is 5.41 Å². The minimum Gasteiger partial charge on any atom is -0.396 e. The number of benzene rings is 1. The lowest BCUT2D eigenvalue weighted by Crippen LogP contribution is -2.37. The Morgan fingerprint density at radius 1 is 1.19 bits per heavy atom. The number of rotatable bonds is 5. The first-order chi connectivity index (χ1) is 10.3. The second-order valence-corrected chi connectivity index (χ2v) is 6.76. The third kappa shape index (κ3) is 2.30. The Bertz CT molecular complexity index is 618. The first-order valence-electron chi connectivity index (χ1n) is 8.03. The smallest absolute Gasteiger partial charge is 0.0956 e. The van der Waals surface area contributed by atoms with Crippen molar-refractivity contribution in [3.8, 4) is 11.3 Å². The van der Waals surface area contributed by atoms with E-state index in [4.69, 9.17) is 4.98 Å². The molecule has 3 heteroatoms. The van der Waals surface area contributed by atoms with E-state index in [-0.39, 0.29) is 5.41 Å². The maximum atomic E-state index is 9.73. The summed E-state index contributed by atoms with van der Waals surface area (Å²) in [5.74, 6) is 0.665. The summed E-state index contributed by atoms with van der Waals surface area (Å²) in [6.07, 6.45) is 8.08. The third-order valence-corrected chi connectivity index (χ3v) is 5.14. The highest BCUT2D eigenvalue weighted by Crippen LogP contribution is 2.47. The fourth-order valence-electron chi connectivity index (χ4n) is 3.53. The summed E-state index contributed by atoms with van der Waals surface area (Å²) in [6.45, 7) is 1.23. The second kappa shape index (κ2) is 4.99. The average molecular weight is 282 g/mol. The van der Waals surface area contributed by atoms with Crippen LogP contribution in [0.15, 0.2) is 36.7 Å². The summed E-state index contributed by atoms with van der Waals surface area (Å²) in [5.41, 5.74) is 3.86. The van der Waals surface area contributed by atoms with Crippen LogP contribution >= 0.6 is 0 Å². The zero-order valence-corrected chi connectivity index (χ0v) is 12.3. The molecule has 0 saturated heterocycles. The Morgan fingerprint density at radius 3 is 2.52 bits per heavy atom. The second-order valence-electron chi connectivity index (χ2n) is 6.76. The summed E-state index contributed by atoms with van der Waals surface area (Å²) in [6, 6.07) is 10.5. The van der Waals surface area contributed by atoms with Crippen molar-refractivity contribution in [2.24, 2.45) is 5.41 Å². The predicted octanol–water partition coefficient (Wildman–Crippen LogP) is 3.59. The van der Waals surface area contributed by atoms with Crippen LogP contribution in [-0.2, 0) is 6.54 Å². The first-order valence-corrected chi connectivity index (χ1v) is 8.03. The highest BCUT2D eigenvalue weighted by molar-refractivity contribution is 5.63. The molecule has 2 aromatic rings. The lowest BCUT2D eigenvalue weighted by molar-refractivity contribution is 0.0269. The SMILES string of the molecule is OCC1(Cn2cnc(-c3ccccc3)c2C2CC2)CCC1. The van der Waals surface area contributed by atoms with Crippen molar-refractivity contribution >= 4 is 0 Å². The van der Waals surface area contributed by atoms with Gasteiger partial charge in [-0.05, 0) is 25.7 Å². The van der Waals surface area contributed by atoms with Crippen LogP contribution in [0.5, 0.6) is 0 Å². The molecule has 0 atom stereocenters. The van der Waals surface area contributed by atoms with Gasteiger partial charge < -0.3 is 9.67 Å². The van der Waals surface area contributed by atoms with Gasteiger partial charge in [0.1, 0.15) is 0 Å². The molecule has 1 N–H and O–H groups in total. The van der Waals surface area contributed by atoms with Gasteiger partial charge in [-0.3, -0.25) is 0 Å². The molecule has 1 aromatic heterocycles. The number of hydrogen-bond acceptors (Lipinski definition) is 2. The standard InChI is InChI=1S/C18H22N2O/c21-12-18(9-4-10-18)11-20-13-19-16(17(20)15-7-8-15)14-5-2-1-3-6-14/h1-3,5-6,13,15,21H,4,7-12H2. The van der Waals surface area contributed by atoms with Crippen LogP contribution in [0.2, 0.25) is 0 Å². The van der Waals surface area contributed by atoms with Crippen LogP contribution in [0.25, 0.3) is 11.3 Å². The number of aliphatic hydroxyl groups excluding tert-OH is 1. The average Bonchev–Trinajstić information content (AvgIpc) is 3.24. The van der Waals surface area contributed by atoms with E-state index < -0.39 is 0 Å². The van der Waals surface area contributed by atoms with Gasteiger partial charge in [-0.2, -0.15) is 0 Å². The van der Waals surface area contributed by atoms with Crippen LogP contribution in [0.1, 0.15) is 43.7 Å². The molecule has 1 aromatic carbocycles. The number of imidazole rings is 1. The van der Waals surface area contributed by atoms with Crippen LogP contribution in [0.3, 0.4) is 0 Å². The minimum absolute atomic E-state index is 0.109. The van der Waals surface area contributed by atoms with Crippen molar-refractivity contribution in [2.75, 3.05) is 6.61 Å². The molecule has 0 amide bonds. The van der Waals surface area contributed by atoms with Gasteiger partial charge in [0.15, 0.2) is 0 Å². The van der Waals surface area contributed by atoms with E-state index in [0.29, 0.717) is 12.5 Å². The predicted molar refractivity (Wildman–Crippen MR) is 83.0 cm³/mol. The van der Waals surface area contributed by atoms with Crippen molar-refractivity contribution in [3.63, 3.8) is 0 Å². The molecule has 0 unspecified atom stereocenters. The van der Waals surface area contributed by atoms with Gasteiger partial charge >= 0.3 is 0 Å². The van der Waals surface area contributed by atoms with Gasteiger partial charge in [0, 0.05) is 29.1 Å². The number of aromatic nitrogens is 2. The molecule has 110 valence electrons. The monoisotopic (exact) mass is 282 g/mol. The topological polar surface area (TPSA) is 38.0 Å². The molecule has 2 fully saturated rings.